The van der Waals surface area contributed by atoms with E-state index >= 15 is 0 Å². The average Bonchev–Trinajstić information content (AvgIpc) is 3.17. The van der Waals surface area contributed by atoms with Crippen LogP contribution in [0.25, 0.3) is 0 Å². The number of anilines is 1. The van der Waals surface area contributed by atoms with E-state index in [1.807, 2.05) is 24.0 Å². The van der Waals surface area contributed by atoms with Crippen molar-refractivity contribution in [3.63, 3.8) is 0 Å². The Morgan fingerprint density at radius 2 is 2.07 bits per heavy atom. The number of aliphatic hydroxyl groups is 1. The molecule has 28 heavy (non-hydrogen) atoms. The standard InChI is InChI=1S/C21H25N5O2/c1-12-19(22)17(27)10-26(12)18-8-16(24-11-25-18)20-15-7-14(28-21(2)5-6-21)4-3-13(15)9-23-20/h3-4,7-8,11-12,17,19,27H,5-6,9-10,22H2,1-2H3/t12-,17-,19-/m0/s1. The van der Waals surface area contributed by atoms with Gasteiger partial charge in [-0.3, -0.25) is 4.99 Å². The van der Waals surface area contributed by atoms with Gasteiger partial charge in [-0.1, -0.05) is 6.07 Å². The zero-order valence-electron chi connectivity index (χ0n) is 16.2. The molecule has 5 rings (SSSR count). The van der Waals surface area contributed by atoms with E-state index in [9.17, 15) is 5.11 Å². The topological polar surface area (TPSA) is 96.9 Å². The van der Waals surface area contributed by atoms with Crippen LogP contribution < -0.4 is 15.4 Å². The Morgan fingerprint density at radius 3 is 2.79 bits per heavy atom. The fourth-order valence-corrected chi connectivity index (χ4v) is 3.96. The molecule has 3 heterocycles. The highest BCUT2D eigenvalue weighted by atomic mass is 16.5. The molecule has 3 aliphatic rings. The molecule has 7 heteroatoms. The Hall–Kier alpha value is -2.51. The first-order valence-corrected chi connectivity index (χ1v) is 9.83. The molecule has 3 atom stereocenters. The zero-order chi connectivity index (χ0) is 19.5. The summed E-state index contributed by atoms with van der Waals surface area (Å²) >= 11 is 0. The van der Waals surface area contributed by atoms with Crippen molar-refractivity contribution in [1.29, 1.82) is 0 Å². The van der Waals surface area contributed by atoms with E-state index in [1.165, 1.54) is 5.56 Å². The summed E-state index contributed by atoms with van der Waals surface area (Å²) in [6, 6.07) is 7.85. The summed E-state index contributed by atoms with van der Waals surface area (Å²) in [7, 11) is 0. The van der Waals surface area contributed by atoms with E-state index < -0.39 is 6.10 Å². The lowest BCUT2D eigenvalue weighted by Gasteiger charge is -2.23. The number of rotatable bonds is 4. The van der Waals surface area contributed by atoms with Crippen LogP contribution in [0.5, 0.6) is 5.75 Å². The largest absolute Gasteiger partial charge is 0.488 e. The fraction of sp³-hybridized carbons (Fsp3) is 0.476. The second-order valence-electron chi connectivity index (χ2n) is 8.33. The predicted molar refractivity (Wildman–Crippen MR) is 107 cm³/mol. The first kappa shape index (κ1) is 17.6. The summed E-state index contributed by atoms with van der Waals surface area (Å²) in [4.78, 5) is 15.6. The van der Waals surface area contributed by atoms with Crippen molar-refractivity contribution in [3.05, 3.63) is 47.4 Å². The number of benzene rings is 1. The Bertz CT molecular complexity index is 956. The lowest BCUT2D eigenvalue weighted by atomic mass is 10.0. The Morgan fingerprint density at radius 1 is 1.25 bits per heavy atom. The molecular formula is C21H25N5O2. The lowest BCUT2D eigenvalue weighted by Crippen LogP contribution is -2.40. The van der Waals surface area contributed by atoms with Gasteiger partial charge in [0.25, 0.3) is 0 Å². The van der Waals surface area contributed by atoms with Gasteiger partial charge in [-0.2, -0.15) is 0 Å². The average molecular weight is 379 g/mol. The highest BCUT2D eigenvalue weighted by molar-refractivity contribution is 6.14. The monoisotopic (exact) mass is 379 g/mol. The van der Waals surface area contributed by atoms with Crippen molar-refractivity contribution in [2.24, 2.45) is 10.7 Å². The minimum atomic E-state index is -0.554. The van der Waals surface area contributed by atoms with Gasteiger partial charge in [0, 0.05) is 24.2 Å². The van der Waals surface area contributed by atoms with Gasteiger partial charge in [0.05, 0.1) is 30.1 Å². The minimum Gasteiger partial charge on any atom is -0.488 e. The first-order chi connectivity index (χ1) is 13.4. The van der Waals surface area contributed by atoms with Crippen LogP contribution in [0.1, 0.15) is 43.5 Å². The molecule has 0 spiro atoms. The third-order valence-corrected chi connectivity index (χ3v) is 6.13. The molecule has 0 unspecified atom stereocenters. The molecular weight excluding hydrogens is 354 g/mol. The van der Waals surface area contributed by atoms with Crippen LogP contribution >= 0.6 is 0 Å². The number of nitrogens with zero attached hydrogens (tertiary/aromatic N) is 4. The van der Waals surface area contributed by atoms with Gasteiger partial charge in [-0.25, -0.2) is 9.97 Å². The molecule has 0 amide bonds. The Kier molecular flexibility index (Phi) is 3.93. The third kappa shape index (κ3) is 2.95. The highest BCUT2D eigenvalue weighted by Crippen LogP contribution is 2.40. The number of nitrogens with two attached hydrogens (primary N) is 1. The van der Waals surface area contributed by atoms with Gasteiger partial charge in [0.2, 0.25) is 0 Å². The number of aliphatic hydroxyl groups excluding tert-OH is 1. The summed E-state index contributed by atoms with van der Waals surface area (Å²) < 4.78 is 6.13. The number of ether oxygens (including phenoxy) is 1. The first-order valence-electron chi connectivity index (χ1n) is 9.83. The molecule has 7 nitrogen and oxygen atoms in total. The maximum absolute atomic E-state index is 10.1. The van der Waals surface area contributed by atoms with Crippen molar-refractivity contribution in [2.75, 3.05) is 11.4 Å². The molecule has 3 N–H and O–H groups in total. The molecule has 2 aromatic rings. The molecule has 0 bridgehead atoms. The molecule has 2 fully saturated rings. The summed E-state index contributed by atoms with van der Waals surface area (Å²) in [6.07, 6.45) is 3.20. The lowest BCUT2D eigenvalue weighted by molar-refractivity contribution is 0.175. The molecule has 1 aromatic heterocycles. The van der Waals surface area contributed by atoms with Crippen LogP contribution in [0.2, 0.25) is 0 Å². The second kappa shape index (κ2) is 6.25. The molecule has 146 valence electrons. The molecule has 1 saturated heterocycles. The Balaban J connectivity index is 1.45. The molecule has 2 aliphatic heterocycles. The SMILES string of the molecule is C[C@H]1[C@H](N)[C@@H](O)CN1c1cc(C2=NCc3ccc(OC4(C)CC4)cc32)ncn1. The van der Waals surface area contributed by atoms with Crippen LogP contribution in [0.15, 0.2) is 35.6 Å². The van der Waals surface area contributed by atoms with Crippen LogP contribution in [-0.2, 0) is 6.54 Å². The van der Waals surface area contributed by atoms with Crippen molar-refractivity contribution < 1.29 is 9.84 Å². The summed E-state index contributed by atoms with van der Waals surface area (Å²) in [5, 5.41) is 10.1. The van der Waals surface area contributed by atoms with Gasteiger partial charge in [-0.15, -0.1) is 0 Å². The third-order valence-electron chi connectivity index (χ3n) is 6.13. The van der Waals surface area contributed by atoms with Crippen molar-refractivity contribution in [3.8, 4) is 5.75 Å². The van der Waals surface area contributed by atoms with Crippen molar-refractivity contribution >= 4 is 11.5 Å². The van der Waals surface area contributed by atoms with Crippen LogP contribution in [-0.4, -0.2) is 51.1 Å². The van der Waals surface area contributed by atoms with Crippen LogP contribution in [0.3, 0.4) is 0 Å². The van der Waals surface area contributed by atoms with E-state index in [1.54, 1.807) is 6.33 Å². The van der Waals surface area contributed by atoms with Gasteiger partial charge in [0.1, 0.15) is 23.5 Å². The molecule has 1 saturated carbocycles. The normalized spacial score (nSPS) is 27.5. The number of β-amino-alcohol motifs (C(OH)–C–C–N with tert-alkyl or cyclic N) is 1. The minimum absolute atomic E-state index is 0.00911. The van der Waals surface area contributed by atoms with E-state index in [0.717, 1.165) is 41.4 Å². The highest BCUT2D eigenvalue weighted by Gasteiger charge is 2.40. The quantitative estimate of drug-likeness (QED) is 0.839. The Labute approximate surface area is 164 Å². The number of aromatic nitrogens is 2. The summed E-state index contributed by atoms with van der Waals surface area (Å²) in [5.41, 5.74) is 9.94. The van der Waals surface area contributed by atoms with Crippen molar-refractivity contribution in [1.82, 2.24) is 9.97 Å². The smallest absolute Gasteiger partial charge is 0.132 e. The van der Waals surface area contributed by atoms with Gasteiger partial charge < -0.3 is 20.5 Å². The van der Waals surface area contributed by atoms with E-state index in [4.69, 9.17) is 15.5 Å². The van der Waals surface area contributed by atoms with E-state index in [0.29, 0.717) is 13.1 Å². The second-order valence-corrected chi connectivity index (χ2v) is 8.33. The van der Waals surface area contributed by atoms with Crippen LogP contribution in [0.4, 0.5) is 5.82 Å². The fourth-order valence-electron chi connectivity index (χ4n) is 3.96. The van der Waals surface area contributed by atoms with Crippen molar-refractivity contribution in [2.45, 2.75) is 57.0 Å². The van der Waals surface area contributed by atoms with Crippen LogP contribution in [0, 0.1) is 0 Å². The van der Waals surface area contributed by atoms with Gasteiger partial charge in [-0.05, 0) is 44.4 Å². The zero-order valence-corrected chi connectivity index (χ0v) is 16.2. The maximum Gasteiger partial charge on any atom is 0.132 e. The molecule has 1 aromatic carbocycles. The number of hydrogen-bond donors (Lipinski definition) is 2. The molecule has 0 radical (unpaired) electrons. The number of hydrogen-bond acceptors (Lipinski definition) is 7. The number of fused-ring (bicyclic) bond motifs is 1. The molecule has 1 aliphatic carbocycles. The van der Waals surface area contributed by atoms with E-state index in [-0.39, 0.29) is 17.7 Å². The maximum atomic E-state index is 10.1. The van der Waals surface area contributed by atoms with Gasteiger partial charge >= 0.3 is 0 Å². The predicted octanol–water partition coefficient (Wildman–Crippen LogP) is 1.66. The summed E-state index contributed by atoms with van der Waals surface area (Å²) in [6.45, 7) is 5.26. The van der Waals surface area contributed by atoms with Gasteiger partial charge in [0.15, 0.2) is 0 Å². The van der Waals surface area contributed by atoms with E-state index in [2.05, 4.69) is 29.0 Å². The number of aliphatic imine (C=N–C) groups is 1. The summed E-state index contributed by atoms with van der Waals surface area (Å²) in [5.74, 6) is 1.64.